The SMILES string of the molecule is COC(=O)CCC=C=CC[C@H]1C(=O)C[C@@H](O)C1/C=C/[C@@H](O)COc1ccccc1. The lowest BCUT2D eigenvalue weighted by atomic mass is 9.90. The first kappa shape index (κ1) is 22.6. The lowest BCUT2D eigenvalue weighted by Gasteiger charge is -2.16. The molecule has 0 aliphatic heterocycles. The number of carbonyl (C=O) groups excluding carboxylic acids is 2. The van der Waals surface area contributed by atoms with Crippen LogP contribution < -0.4 is 4.74 Å². The number of methoxy groups -OCH3 is 1. The van der Waals surface area contributed by atoms with Gasteiger partial charge in [-0.15, -0.1) is 5.73 Å². The van der Waals surface area contributed by atoms with Gasteiger partial charge in [-0.2, -0.15) is 0 Å². The van der Waals surface area contributed by atoms with E-state index in [0.29, 0.717) is 18.6 Å². The molecule has 0 spiro atoms. The van der Waals surface area contributed by atoms with E-state index in [1.807, 2.05) is 18.2 Å². The van der Waals surface area contributed by atoms with Crippen molar-refractivity contribution < 1.29 is 29.3 Å². The van der Waals surface area contributed by atoms with Crippen LogP contribution in [0.1, 0.15) is 25.7 Å². The number of rotatable bonds is 10. The van der Waals surface area contributed by atoms with Gasteiger partial charge < -0.3 is 19.7 Å². The molecular formula is C23H28O6. The fourth-order valence-corrected chi connectivity index (χ4v) is 3.19. The van der Waals surface area contributed by atoms with E-state index < -0.39 is 12.2 Å². The maximum absolute atomic E-state index is 12.2. The second kappa shape index (κ2) is 12.0. The maximum Gasteiger partial charge on any atom is 0.305 e. The minimum absolute atomic E-state index is 0.00483. The van der Waals surface area contributed by atoms with Gasteiger partial charge in [0.25, 0.3) is 0 Å². The zero-order valence-corrected chi connectivity index (χ0v) is 16.6. The molecular weight excluding hydrogens is 372 g/mol. The molecule has 1 aromatic carbocycles. The number of allylic oxidation sites excluding steroid dienone is 1. The number of carbonyl (C=O) groups is 2. The van der Waals surface area contributed by atoms with E-state index in [2.05, 4.69) is 10.5 Å². The van der Waals surface area contributed by atoms with Crippen LogP contribution >= 0.6 is 0 Å². The zero-order chi connectivity index (χ0) is 21.1. The van der Waals surface area contributed by atoms with Gasteiger partial charge in [-0.3, -0.25) is 9.59 Å². The van der Waals surface area contributed by atoms with Crippen LogP contribution in [0.5, 0.6) is 5.75 Å². The van der Waals surface area contributed by atoms with Gasteiger partial charge in [-0.05, 0) is 37.1 Å². The highest BCUT2D eigenvalue weighted by Crippen LogP contribution is 2.33. The van der Waals surface area contributed by atoms with Crippen molar-refractivity contribution >= 4 is 11.8 Å². The molecule has 2 rings (SSSR count). The van der Waals surface area contributed by atoms with Crippen molar-refractivity contribution in [3.63, 3.8) is 0 Å². The summed E-state index contributed by atoms with van der Waals surface area (Å²) in [6.07, 6.45) is 6.48. The fraction of sp³-hybridized carbons (Fsp3) is 0.435. The third-order valence-electron chi connectivity index (χ3n) is 4.78. The fourth-order valence-electron chi connectivity index (χ4n) is 3.19. The van der Waals surface area contributed by atoms with Crippen molar-refractivity contribution in [1.82, 2.24) is 0 Å². The highest BCUT2D eigenvalue weighted by atomic mass is 16.5. The molecule has 156 valence electrons. The van der Waals surface area contributed by atoms with E-state index >= 15 is 0 Å². The summed E-state index contributed by atoms with van der Waals surface area (Å²) >= 11 is 0. The summed E-state index contributed by atoms with van der Waals surface area (Å²) in [5, 5.41) is 20.3. The van der Waals surface area contributed by atoms with Crippen molar-refractivity contribution in [2.45, 2.75) is 37.9 Å². The van der Waals surface area contributed by atoms with E-state index in [9.17, 15) is 19.8 Å². The molecule has 6 nitrogen and oxygen atoms in total. The van der Waals surface area contributed by atoms with Gasteiger partial charge >= 0.3 is 5.97 Å². The van der Waals surface area contributed by atoms with Gasteiger partial charge in [-0.25, -0.2) is 0 Å². The maximum atomic E-state index is 12.2. The number of benzene rings is 1. The smallest absolute Gasteiger partial charge is 0.305 e. The molecule has 0 saturated heterocycles. The Balaban J connectivity index is 1.86. The molecule has 2 N–H and O–H groups in total. The van der Waals surface area contributed by atoms with Crippen molar-refractivity contribution in [2.75, 3.05) is 13.7 Å². The summed E-state index contributed by atoms with van der Waals surface area (Å²) in [6, 6.07) is 9.18. The minimum Gasteiger partial charge on any atom is -0.491 e. The third kappa shape index (κ3) is 7.70. The molecule has 4 atom stereocenters. The van der Waals surface area contributed by atoms with Crippen molar-refractivity contribution in [2.24, 2.45) is 11.8 Å². The number of aliphatic hydroxyl groups excluding tert-OH is 2. The first-order chi connectivity index (χ1) is 14.0. The molecule has 0 heterocycles. The molecule has 1 aliphatic carbocycles. The molecule has 0 bridgehead atoms. The molecule has 0 radical (unpaired) electrons. The van der Waals surface area contributed by atoms with E-state index in [1.165, 1.54) is 7.11 Å². The van der Waals surface area contributed by atoms with Gasteiger partial charge in [0.05, 0.1) is 13.2 Å². The van der Waals surface area contributed by atoms with Gasteiger partial charge in [0, 0.05) is 24.7 Å². The summed E-state index contributed by atoms with van der Waals surface area (Å²) in [7, 11) is 1.34. The lowest BCUT2D eigenvalue weighted by molar-refractivity contribution is -0.140. The summed E-state index contributed by atoms with van der Waals surface area (Å²) in [5.74, 6) is -0.336. The van der Waals surface area contributed by atoms with Crippen molar-refractivity contribution in [3.05, 3.63) is 60.4 Å². The van der Waals surface area contributed by atoms with Crippen LogP contribution in [0, 0.1) is 11.8 Å². The standard InChI is InChI=1S/C23H28O6/c1-28-23(27)12-8-3-2-7-11-19-20(22(26)15-21(19)25)14-13-17(24)16-29-18-9-5-4-6-10-18/h3-7,9-10,13-14,17,19-20,22,24,26H,8,11-12,15-16H2,1H3/b14-13+/t2?,17-,19-,20?,22-/m1/s1. The predicted molar refractivity (Wildman–Crippen MR) is 108 cm³/mol. The van der Waals surface area contributed by atoms with Crippen LogP contribution in [0.25, 0.3) is 0 Å². The van der Waals surface area contributed by atoms with E-state index in [1.54, 1.807) is 36.4 Å². The average Bonchev–Trinajstić information content (AvgIpc) is 3.00. The van der Waals surface area contributed by atoms with E-state index in [4.69, 9.17) is 4.74 Å². The molecule has 0 amide bonds. The first-order valence-electron chi connectivity index (χ1n) is 9.72. The average molecular weight is 400 g/mol. The highest BCUT2D eigenvalue weighted by molar-refractivity contribution is 5.84. The van der Waals surface area contributed by atoms with Crippen molar-refractivity contribution in [3.8, 4) is 5.75 Å². The van der Waals surface area contributed by atoms with Crippen LogP contribution in [-0.4, -0.2) is 47.9 Å². The van der Waals surface area contributed by atoms with Gasteiger partial charge in [0.15, 0.2) is 0 Å². The second-order valence-corrected chi connectivity index (χ2v) is 6.92. The normalized spacial score (nSPS) is 22.2. The molecule has 1 aromatic rings. The topological polar surface area (TPSA) is 93.1 Å². The Morgan fingerprint density at radius 2 is 2.07 bits per heavy atom. The van der Waals surface area contributed by atoms with Gasteiger partial charge in [0.1, 0.15) is 24.2 Å². The Labute approximate surface area is 171 Å². The van der Waals surface area contributed by atoms with Gasteiger partial charge in [-0.1, -0.05) is 30.4 Å². The molecule has 1 unspecified atom stereocenters. The quantitative estimate of drug-likeness (QED) is 0.356. The number of ketones is 1. The number of hydrogen-bond acceptors (Lipinski definition) is 6. The predicted octanol–water partition coefficient (Wildman–Crippen LogP) is 2.60. The summed E-state index contributed by atoms with van der Waals surface area (Å²) in [6.45, 7) is 0.0881. The van der Waals surface area contributed by atoms with Crippen LogP contribution in [-0.2, 0) is 14.3 Å². The van der Waals surface area contributed by atoms with Crippen LogP contribution in [0.4, 0.5) is 0 Å². The molecule has 29 heavy (non-hydrogen) atoms. The molecule has 1 saturated carbocycles. The number of para-hydroxylation sites is 1. The highest BCUT2D eigenvalue weighted by Gasteiger charge is 2.39. The second-order valence-electron chi connectivity index (χ2n) is 6.92. The number of Topliss-reactive ketones (excluding diaryl/α,β-unsaturated/α-hetero) is 1. The Morgan fingerprint density at radius 3 is 2.79 bits per heavy atom. The lowest BCUT2D eigenvalue weighted by Crippen LogP contribution is -2.20. The minimum atomic E-state index is -0.840. The third-order valence-corrected chi connectivity index (χ3v) is 4.78. The van der Waals surface area contributed by atoms with E-state index in [-0.39, 0.29) is 43.0 Å². The Morgan fingerprint density at radius 1 is 1.31 bits per heavy atom. The molecule has 1 fully saturated rings. The zero-order valence-electron chi connectivity index (χ0n) is 16.6. The van der Waals surface area contributed by atoms with Crippen LogP contribution in [0.15, 0.2) is 60.4 Å². The van der Waals surface area contributed by atoms with Gasteiger partial charge in [0.2, 0.25) is 0 Å². The monoisotopic (exact) mass is 400 g/mol. The number of esters is 1. The first-order valence-corrected chi connectivity index (χ1v) is 9.72. The summed E-state index contributed by atoms with van der Waals surface area (Å²) in [4.78, 5) is 23.2. The molecule has 0 aromatic heterocycles. The number of aliphatic hydroxyl groups is 2. The number of hydrogen-bond donors (Lipinski definition) is 2. The summed E-state index contributed by atoms with van der Waals surface area (Å²) in [5.41, 5.74) is 2.97. The van der Waals surface area contributed by atoms with Crippen molar-refractivity contribution in [1.29, 1.82) is 0 Å². The Hall–Kier alpha value is -2.66. The van der Waals surface area contributed by atoms with E-state index in [0.717, 1.165) is 0 Å². The molecule has 6 heteroatoms. The van der Waals surface area contributed by atoms with Crippen LogP contribution in [0.2, 0.25) is 0 Å². The number of ether oxygens (including phenoxy) is 2. The Kier molecular flexibility index (Phi) is 9.38. The molecule has 1 aliphatic rings. The Bertz CT molecular complexity index is 748. The van der Waals surface area contributed by atoms with Crippen LogP contribution in [0.3, 0.4) is 0 Å². The largest absolute Gasteiger partial charge is 0.491 e. The summed E-state index contributed by atoms with van der Waals surface area (Å²) < 4.78 is 10.1.